The number of amides is 4. The van der Waals surface area contributed by atoms with E-state index in [4.69, 9.17) is 0 Å². The number of benzene rings is 1. The molecule has 4 atom stereocenters. The number of phenols is 1. The van der Waals surface area contributed by atoms with Crippen molar-refractivity contribution in [3.63, 3.8) is 0 Å². The van der Waals surface area contributed by atoms with Crippen LogP contribution >= 0.6 is 0 Å². The van der Waals surface area contributed by atoms with E-state index in [2.05, 4.69) is 20.9 Å². The van der Waals surface area contributed by atoms with Crippen molar-refractivity contribution in [2.45, 2.75) is 63.6 Å². The number of piperazine rings is 1. The molecule has 2 saturated heterocycles. The van der Waals surface area contributed by atoms with Gasteiger partial charge in [-0.15, -0.1) is 0 Å². The minimum absolute atomic E-state index is 0.0925. The molecule has 2 aliphatic rings. The van der Waals surface area contributed by atoms with E-state index in [1.807, 2.05) is 14.1 Å². The minimum atomic E-state index is -0.712. The van der Waals surface area contributed by atoms with E-state index in [1.165, 1.54) is 19.1 Å². The smallest absolute Gasteiger partial charge is 0.246 e. The molecule has 10 nitrogen and oxygen atoms in total. The van der Waals surface area contributed by atoms with Gasteiger partial charge < -0.3 is 30.9 Å². The number of fused-ring (bicyclic) bond motifs is 1. The van der Waals surface area contributed by atoms with Crippen LogP contribution in [0.4, 0.5) is 0 Å². The second-order valence-electron chi connectivity index (χ2n) is 9.98. The van der Waals surface area contributed by atoms with E-state index in [-0.39, 0.29) is 35.8 Å². The van der Waals surface area contributed by atoms with Crippen LogP contribution in [0, 0.1) is 5.92 Å². The summed E-state index contributed by atoms with van der Waals surface area (Å²) in [7, 11) is 4.02. The molecule has 3 rings (SSSR count). The molecule has 0 aromatic heterocycles. The molecule has 0 saturated carbocycles. The number of nitrogens with zero attached hydrogens (tertiary/aromatic N) is 2. The Balaban J connectivity index is 1.73. The molecule has 0 bridgehead atoms. The minimum Gasteiger partial charge on any atom is -0.508 e. The maximum Gasteiger partial charge on any atom is 0.246 e. The number of hydrogen-bond donors (Lipinski definition) is 4. The Labute approximate surface area is 212 Å². The lowest BCUT2D eigenvalue weighted by molar-refractivity contribution is -0.149. The molecule has 2 heterocycles. The van der Waals surface area contributed by atoms with E-state index in [9.17, 15) is 24.3 Å². The maximum atomic E-state index is 13.6. The molecule has 1 aromatic carbocycles. The van der Waals surface area contributed by atoms with Gasteiger partial charge in [-0.05, 0) is 76.9 Å². The highest BCUT2D eigenvalue weighted by molar-refractivity contribution is 5.99. The maximum absolute atomic E-state index is 13.6. The number of unbranched alkanes of at least 4 members (excludes halogenated alkanes) is 2. The predicted octanol–water partition coefficient (Wildman–Crippen LogP) is 0.913. The number of carbonyl (C=O) groups is 4. The number of carbonyl (C=O) groups excluding carboxylic acids is 4. The van der Waals surface area contributed by atoms with Crippen LogP contribution in [0.5, 0.6) is 5.75 Å². The van der Waals surface area contributed by atoms with Gasteiger partial charge in [-0.2, -0.15) is 0 Å². The van der Waals surface area contributed by atoms with Gasteiger partial charge in [0.2, 0.25) is 23.6 Å². The fourth-order valence-electron chi connectivity index (χ4n) is 5.05. The molecule has 10 heteroatoms. The standard InChI is InChI=1S/C26H39N5O5/c1-17(32)27-13-5-4-8-21-26(36)31-22(25(35)29-21)16-20(23(31)18-9-11-19(33)12-10-18)24(34)28-14-6-7-15-30(2)3/h9-12,20-23,33H,4-8,13-16H2,1-3H3,(H,27,32)(H,28,34)(H,29,35)/t20-,21+,22-,23-/m1/s1. The third-order valence-electron chi connectivity index (χ3n) is 6.86. The summed E-state index contributed by atoms with van der Waals surface area (Å²) in [6.45, 7) is 3.45. The van der Waals surface area contributed by atoms with Crippen molar-refractivity contribution in [1.29, 1.82) is 0 Å². The first-order valence-electron chi connectivity index (χ1n) is 12.8. The zero-order chi connectivity index (χ0) is 26.2. The van der Waals surface area contributed by atoms with Crippen LogP contribution in [0.15, 0.2) is 24.3 Å². The second-order valence-corrected chi connectivity index (χ2v) is 9.98. The van der Waals surface area contributed by atoms with Gasteiger partial charge in [0.1, 0.15) is 17.8 Å². The summed E-state index contributed by atoms with van der Waals surface area (Å²) in [5.41, 5.74) is 0.718. The van der Waals surface area contributed by atoms with Gasteiger partial charge in [0.15, 0.2) is 0 Å². The van der Waals surface area contributed by atoms with E-state index >= 15 is 0 Å². The largest absolute Gasteiger partial charge is 0.508 e. The number of aromatic hydroxyl groups is 1. The second kappa shape index (κ2) is 12.7. The first-order valence-corrected chi connectivity index (χ1v) is 12.8. The summed E-state index contributed by atoms with van der Waals surface area (Å²) in [6, 6.07) is 4.52. The SMILES string of the molecule is CC(=O)NCCCC[C@@H]1NC(=O)[C@H]2C[C@@H](C(=O)NCCCCN(C)C)[C@@H](c3ccc(O)cc3)N2C1=O. The van der Waals surface area contributed by atoms with Crippen molar-refractivity contribution in [2.24, 2.45) is 5.92 Å². The van der Waals surface area contributed by atoms with Gasteiger partial charge in [-0.1, -0.05) is 12.1 Å². The molecule has 0 spiro atoms. The predicted molar refractivity (Wildman–Crippen MR) is 135 cm³/mol. The van der Waals surface area contributed by atoms with Gasteiger partial charge in [0.25, 0.3) is 0 Å². The lowest BCUT2D eigenvalue weighted by Crippen LogP contribution is -2.61. The van der Waals surface area contributed by atoms with Crippen LogP contribution in [-0.2, 0) is 19.2 Å². The molecule has 4 N–H and O–H groups in total. The van der Waals surface area contributed by atoms with Crippen LogP contribution in [0.2, 0.25) is 0 Å². The van der Waals surface area contributed by atoms with Crippen molar-refractivity contribution < 1.29 is 24.3 Å². The van der Waals surface area contributed by atoms with Gasteiger partial charge in [0.05, 0.1) is 12.0 Å². The van der Waals surface area contributed by atoms with Crippen molar-refractivity contribution in [3.8, 4) is 5.75 Å². The Morgan fingerprint density at radius 3 is 2.39 bits per heavy atom. The fraction of sp³-hybridized carbons (Fsp3) is 0.615. The van der Waals surface area contributed by atoms with Crippen molar-refractivity contribution in [2.75, 3.05) is 33.7 Å². The highest BCUT2D eigenvalue weighted by Crippen LogP contribution is 2.43. The topological polar surface area (TPSA) is 131 Å². The van der Waals surface area contributed by atoms with Crippen LogP contribution < -0.4 is 16.0 Å². The normalized spacial score (nSPS) is 23.4. The van der Waals surface area contributed by atoms with E-state index < -0.39 is 24.0 Å². The Hall–Kier alpha value is -3.14. The lowest BCUT2D eigenvalue weighted by atomic mass is 9.92. The molecule has 0 unspecified atom stereocenters. The Morgan fingerprint density at radius 2 is 1.72 bits per heavy atom. The quantitative estimate of drug-likeness (QED) is 0.315. The van der Waals surface area contributed by atoms with Gasteiger partial charge in [-0.25, -0.2) is 0 Å². The first-order chi connectivity index (χ1) is 17.2. The van der Waals surface area contributed by atoms with Crippen molar-refractivity contribution >= 4 is 23.6 Å². The van der Waals surface area contributed by atoms with Crippen LogP contribution in [-0.4, -0.2) is 84.3 Å². The summed E-state index contributed by atoms with van der Waals surface area (Å²) in [5.74, 6) is -1.18. The van der Waals surface area contributed by atoms with Crippen LogP contribution in [0.1, 0.15) is 57.1 Å². The number of hydrogen-bond acceptors (Lipinski definition) is 6. The third-order valence-corrected chi connectivity index (χ3v) is 6.86. The summed E-state index contributed by atoms with van der Waals surface area (Å²) in [5, 5.41) is 18.4. The number of rotatable bonds is 12. The van der Waals surface area contributed by atoms with E-state index in [1.54, 1.807) is 17.0 Å². The third kappa shape index (κ3) is 6.96. The zero-order valence-electron chi connectivity index (χ0n) is 21.5. The summed E-state index contributed by atoms with van der Waals surface area (Å²) in [6.07, 6.45) is 3.87. The Morgan fingerprint density at radius 1 is 1.06 bits per heavy atom. The highest BCUT2D eigenvalue weighted by Gasteiger charge is 2.54. The monoisotopic (exact) mass is 501 g/mol. The zero-order valence-corrected chi connectivity index (χ0v) is 21.5. The van der Waals surface area contributed by atoms with Crippen molar-refractivity contribution in [1.82, 2.24) is 25.8 Å². The highest BCUT2D eigenvalue weighted by atomic mass is 16.3. The van der Waals surface area contributed by atoms with Crippen LogP contribution in [0.3, 0.4) is 0 Å². The molecule has 1 aromatic rings. The van der Waals surface area contributed by atoms with Crippen molar-refractivity contribution in [3.05, 3.63) is 29.8 Å². The average molecular weight is 502 g/mol. The molecule has 36 heavy (non-hydrogen) atoms. The molecule has 0 aliphatic carbocycles. The van der Waals surface area contributed by atoms with E-state index in [0.717, 1.165) is 24.9 Å². The Bertz CT molecular complexity index is 935. The lowest BCUT2D eigenvalue weighted by Gasteiger charge is -2.38. The molecule has 0 radical (unpaired) electrons. The number of nitrogens with one attached hydrogen (secondary N) is 3. The molecule has 198 valence electrons. The molecule has 2 fully saturated rings. The van der Waals surface area contributed by atoms with Gasteiger partial charge in [0, 0.05) is 20.0 Å². The van der Waals surface area contributed by atoms with Crippen LogP contribution in [0.25, 0.3) is 0 Å². The molecular weight excluding hydrogens is 462 g/mol. The van der Waals surface area contributed by atoms with Gasteiger partial charge >= 0.3 is 0 Å². The molecular formula is C26H39N5O5. The van der Waals surface area contributed by atoms with E-state index in [0.29, 0.717) is 32.4 Å². The summed E-state index contributed by atoms with van der Waals surface area (Å²) in [4.78, 5) is 54.6. The summed E-state index contributed by atoms with van der Waals surface area (Å²) < 4.78 is 0. The average Bonchev–Trinajstić information content (AvgIpc) is 3.23. The van der Waals surface area contributed by atoms with Gasteiger partial charge in [-0.3, -0.25) is 19.2 Å². The number of phenolic OH excluding ortho intramolecular Hbond substituents is 1. The molecule has 4 amide bonds. The first kappa shape index (κ1) is 27.4. The summed E-state index contributed by atoms with van der Waals surface area (Å²) >= 11 is 0. The Kier molecular flexibility index (Phi) is 9.69. The fourth-order valence-corrected chi connectivity index (χ4v) is 5.05. The molecule has 2 aliphatic heterocycles.